The number of β-lactam (4-membered cyclic amide) rings is 1. The summed E-state index contributed by atoms with van der Waals surface area (Å²) in [7, 11) is 2.79. The van der Waals surface area contributed by atoms with Crippen molar-refractivity contribution >= 4 is 59.0 Å². The summed E-state index contributed by atoms with van der Waals surface area (Å²) in [5, 5.41) is 38.6. The number of phenolic OH excluding ortho intramolecular Hbond substituents is 1. The molecule has 264 valence electrons. The molecule has 2 fully saturated rings. The molecule has 4 amide bonds. The molecule has 2 aromatic heterocycles. The first-order valence-corrected chi connectivity index (χ1v) is 17.3. The number of tetrazole rings is 1. The maximum atomic E-state index is 14.3. The van der Waals surface area contributed by atoms with E-state index in [1.54, 1.807) is 7.05 Å². The Morgan fingerprint density at radius 2 is 1.96 bits per heavy atom. The van der Waals surface area contributed by atoms with E-state index >= 15 is 0 Å². The molecule has 1 saturated heterocycles. The number of primary amides is 1. The Morgan fingerprint density at radius 1 is 1.25 bits per heavy atom. The van der Waals surface area contributed by atoms with Crippen LogP contribution in [0.15, 0.2) is 51.7 Å². The fraction of sp³-hybridized carbons (Fsp3) is 0.414. The first-order valence-electron chi connectivity index (χ1n) is 15.3. The summed E-state index contributed by atoms with van der Waals surface area (Å²) >= 11 is 2.30. The van der Waals surface area contributed by atoms with Crippen LogP contribution in [0.4, 0.5) is 16.4 Å². The van der Waals surface area contributed by atoms with Crippen molar-refractivity contribution in [3.05, 3.63) is 57.6 Å². The summed E-state index contributed by atoms with van der Waals surface area (Å²) < 4.78 is 7.01. The maximum Gasteiger partial charge on any atom is 1.00 e. The SMILES string of the molecule is CO[C@@]1(NC(=O)C(c2ccc(O)cc2)N(C(N)=O)c2cnc(NC3CCCC3)[nH]c2=O)C(=O)N2C(C(=O)[O-])=C(CSc3nnnn3C)CS[C@H]21.[Na+]. The number of hydrogen-bond acceptors (Lipinski definition) is 15. The molecule has 1 aliphatic carbocycles. The number of rotatable bonds is 12. The van der Waals surface area contributed by atoms with E-state index < -0.39 is 46.5 Å². The number of methoxy groups -OCH3 is 1. The number of amides is 4. The molecule has 0 spiro atoms. The van der Waals surface area contributed by atoms with Crippen molar-refractivity contribution in [1.82, 2.24) is 40.4 Å². The second kappa shape index (κ2) is 15.6. The van der Waals surface area contributed by atoms with Crippen LogP contribution in [0.1, 0.15) is 37.3 Å². The van der Waals surface area contributed by atoms with Gasteiger partial charge in [-0.25, -0.2) is 14.5 Å². The molecule has 6 N–H and O–H groups in total. The molecule has 1 unspecified atom stereocenters. The molecule has 6 rings (SSSR count). The summed E-state index contributed by atoms with van der Waals surface area (Å²) in [6, 6.07) is 2.43. The Hall–Kier alpha value is -4.15. The first-order chi connectivity index (χ1) is 23.9. The maximum absolute atomic E-state index is 14.3. The number of phenols is 1. The number of aromatic amines is 1. The number of aromatic hydroxyl groups is 1. The van der Waals surface area contributed by atoms with Gasteiger partial charge < -0.3 is 36.1 Å². The number of benzene rings is 1. The smallest absolute Gasteiger partial charge is 0.543 e. The molecular formula is C29H32N11NaO8S2. The van der Waals surface area contributed by atoms with Crippen LogP contribution in [0.25, 0.3) is 0 Å². The van der Waals surface area contributed by atoms with Gasteiger partial charge in [-0.05, 0) is 46.5 Å². The Kier molecular flexibility index (Phi) is 11.7. The number of aryl methyl sites for hydroxylation is 1. The van der Waals surface area contributed by atoms with E-state index in [0.717, 1.165) is 67.4 Å². The predicted molar refractivity (Wildman–Crippen MR) is 176 cm³/mol. The second-order valence-corrected chi connectivity index (χ2v) is 13.7. The van der Waals surface area contributed by atoms with Crippen LogP contribution in [0.2, 0.25) is 0 Å². The van der Waals surface area contributed by atoms with E-state index in [-0.39, 0.29) is 75.8 Å². The molecule has 3 aliphatic rings. The summed E-state index contributed by atoms with van der Waals surface area (Å²) in [4.78, 5) is 75.5. The molecule has 2 aliphatic heterocycles. The quantitative estimate of drug-likeness (QED) is 0.0514. The number of carboxylic acids is 1. The van der Waals surface area contributed by atoms with Gasteiger partial charge >= 0.3 is 35.6 Å². The second-order valence-electron chi connectivity index (χ2n) is 11.7. The Labute approximate surface area is 320 Å². The number of nitrogens with one attached hydrogen (secondary N) is 3. The van der Waals surface area contributed by atoms with Gasteiger partial charge in [-0.2, -0.15) is 0 Å². The van der Waals surface area contributed by atoms with Crippen molar-refractivity contribution in [2.45, 2.75) is 54.0 Å². The molecule has 22 heteroatoms. The van der Waals surface area contributed by atoms with Crippen LogP contribution in [-0.2, 0) is 26.2 Å². The van der Waals surface area contributed by atoms with E-state index in [4.69, 9.17) is 10.5 Å². The predicted octanol–water partition coefficient (Wildman–Crippen LogP) is -3.85. The van der Waals surface area contributed by atoms with Crippen LogP contribution < -0.4 is 61.5 Å². The van der Waals surface area contributed by atoms with Crippen molar-refractivity contribution in [2.24, 2.45) is 12.8 Å². The third-order valence-corrected chi connectivity index (χ3v) is 11.1. The number of hydrogen-bond donors (Lipinski definition) is 5. The third kappa shape index (κ3) is 7.31. The van der Waals surface area contributed by atoms with Gasteiger partial charge in [-0.1, -0.05) is 36.7 Å². The van der Waals surface area contributed by atoms with Gasteiger partial charge in [0.15, 0.2) is 0 Å². The monoisotopic (exact) mass is 749 g/mol. The minimum absolute atomic E-state index is 0. The molecule has 3 atom stereocenters. The number of carboxylic acid groups (broad SMARTS) is 1. The number of urea groups is 1. The molecule has 3 aromatic rings. The van der Waals surface area contributed by atoms with E-state index in [2.05, 4.69) is 36.1 Å². The van der Waals surface area contributed by atoms with Crippen LogP contribution in [0, 0.1) is 0 Å². The van der Waals surface area contributed by atoms with Gasteiger partial charge in [0, 0.05) is 31.7 Å². The number of carbonyl (C=O) groups excluding carboxylic acids is 4. The largest absolute Gasteiger partial charge is 1.00 e. The average molecular weight is 750 g/mol. The number of ether oxygens (including phenoxy) is 1. The van der Waals surface area contributed by atoms with Crippen molar-refractivity contribution in [2.75, 3.05) is 28.8 Å². The van der Waals surface area contributed by atoms with Crippen LogP contribution in [-0.4, -0.2) is 99.8 Å². The van der Waals surface area contributed by atoms with Crippen LogP contribution in [0.5, 0.6) is 5.75 Å². The van der Waals surface area contributed by atoms with Crippen molar-refractivity contribution in [3.8, 4) is 5.75 Å². The minimum atomic E-state index is -2.09. The van der Waals surface area contributed by atoms with E-state index in [1.807, 2.05) is 0 Å². The number of aromatic nitrogens is 6. The molecule has 4 heterocycles. The van der Waals surface area contributed by atoms with Crippen molar-refractivity contribution in [3.63, 3.8) is 0 Å². The molecular weight excluding hydrogens is 718 g/mol. The minimum Gasteiger partial charge on any atom is -0.543 e. The topological polar surface area (TPSA) is 267 Å². The number of nitrogens with zero attached hydrogens (tertiary/aromatic N) is 7. The summed E-state index contributed by atoms with van der Waals surface area (Å²) in [6.45, 7) is 0. The Balaban J connectivity index is 0.00000504. The summed E-state index contributed by atoms with van der Waals surface area (Å²) in [6.07, 6.45) is 4.98. The number of nitrogens with two attached hydrogens (primary N) is 1. The number of fused-ring (bicyclic) bond motifs is 1. The molecule has 0 bridgehead atoms. The normalized spacial score (nSPS) is 20.5. The van der Waals surface area contributed by atoms with E-state index in [0.29, 0.717) is 15.6 Å². The summed E-state index contributed by atoms with van der Waals surface area (Å²) in [5.74, 6) is -3.25. The number of thioether (sulfide) groups is 2. The molecule has 1 saturated carbocycles. The molecule has 0 radical (unpaired) electrons. The van der Waals surface area contributed by atoms with Gasteiger partial charge in [-0.15, -0.1) is 16.9 Å². The number of anilines is 2. The third-order valence-electron chi connectivity index (χ3n) is 8.58. The summed E-state index contributed by atoms with van der Waals surface area (Å²) in [5.41, 5.74) is 2.64. The molecule has 1 aromatic carbocycles. The first kappa shape index (κ1) is 38.1. The van der Waals surface area contributed by atoms with Crippen molar-refractivity contribution in [1.29, 1.82) is 0 Å². The Morgan fingerprint density at radius 3 is 2.55 bits per heavy atom. The van der Waals surface area contributed by atoms with Gasteiger partial charge in [0.1, 0.15) is 22.9 Å². The van der Waals surface area contributed by atoms with Crippen LogP contribution >= 0.6 is 23.5 Å². The standard InChI is InChI=1S/C29H33N11O8S2.Na/c1-38-28(35-36-37-38)50-13-15-12-49-25-29(48-2,24(46)40(25)20(15)23(44)45)34-22(43)19(14-7-9-17(41)10-8-14)39(26(30)47)18-11-31-27(33-21(18)42)32-16-5-3-4-6-16;/h7-11,16,19,25,41H,3-6,12-13H2,1-2H3,(H2,30,47)(H,34,43)(H,44,45)(H2,31,32,33,42);/q;+1/p-1/t19?,25-,29-;/m0./s1. The van der Waals surface area contributed by atoms with E-state index in [9.17, 15) is 34.2 Å². The van der Waals surface area contributed by atoms with Gasteiger partial charge in [0.05, 0.1) is 17.9 Å². The van der Waals surface area contributed by atoms with Gasteiger partial charge in [0.25, 0.3) is 23.1 Å². The zero-order chi connectivity index (χ0) is 35.7. The van der Waals surface area contributed by atoms with E-state index in [1.165, 1.54) is 28.9 Å². The zero-order valence-electron chi connectivity index (χ0n) is 27.7. The fourth-order valence-corrected chi connectivity index (χ4v) is 8.57. The Bertz CT molecular complexity index is 1920. The number of aliphatic carboxylic acids is 1. The zero-order valence-corrected chi connectivity index (χ0v) is 31.3. The number of carbonyl (C=O) groups is 4. The number of H-pyrrole nitrogens is 1. The van der Waals surface area contributed by atoms with Gasteiger partial charge in [-0.3, -0.25) is 29.2 Å². The van der Waals surface area contributed by atoms with Crippen molar-refractivity contribution < 1.29 is 63.7 Å². The van der Waals surface area contributed by atoms with Gasteiger partial charge in [0.2, 0.25) is 11.1 Å². The fourth-order valence-electron chi connectivity index (χ4n) is 6.15. The molecule has 19 nitrogen and oxygen atoms in total. The molecule has 51 heavy (non-hydrogen) atoms. The average Bonchev–Trinajstić information content (AvgIpc) is 3.76. The van der Waals surface area contributed by atoms with Crippen LogP contribution in [0.3, 0.4) is 0 Å².